The van der Waals surface area contributed by atoms with Gasteiger partial charge in [-0.25, -0.2) is 15.0 Å². The zero-order valence-corrected chi connectivity index (χ0v) is 4.57. The van der Waals surface area contributed by atoms with Gasteiger partial charge < -0.3 is 4.98 Å². The Hall–Kier alpha value is -1.45. The molecule has 2 rings (SSSR count). The van der Waals surface area contributed by atoms with Gasteiger partial charge in [0.25, 0.3) is 0 Å². The van der Waals surface area contributed by atoms with Gasteiger partial charge in [0, 0.05) is 13.8 Å². The van der Waals surface area contributed by atoms with Gasteiger partial charge in [0.15, 0.2) is 11.3 Å². The Labute approximate surface area is 52.5 Å². The molecule has 0 aromatic carbocycles. The second-order valence-electron chi connectivity index (χ2n) is 1.63. The van der Waals surface area contributed by atoms with Crippen LogP contribution in [0, 0.1) is 0 Å². The van der Waals surface area contributed by atoms with E-state index in [4.69, 9.17) is 0 Å². The van der Waals surface area contributed by atoms with Crippen LogP contribution in [-0.2, 0) is 0 Å². The van der Waals surface area contributed by atoms with Gasteiger partial charge >= 0.3 is 0 Å². The summed E-state index contributed by atoms with van der Waals surface area (Å²) in [5, 5.41) is 0. The molecule has 0 bridgehead atoms. The van der Waals surface area contributed by atoms with Crippen molar-refractivity contribution in [2.75, 3.05) is 0 Å². The number of hydrogen-bond acceptors (Lipinski definition) is 3. The van der Waals surface area contributed by atoms with Crippen molar-refractivity contribution in [2.24, 2.45) is 0 Å². The van der Waals surface area contributed by atoms with Gasteiger partial charge in [0.1, 0.15) is 0 Å². The molecule has 0 radical (unpaired) electrons. The molecule has 2 heterocycles. The molecule has 4 nitrogen and oxygen atoms in total. The first-order chi connectivity index (χ1) is 4.47. The highest BCUT2D eigenvalue weighted by molar-refractivity contribution is 5.63. The highest BCUT2D eigenvalue weighted by Crippen LogP contribution is 1.96. The van der Waals surface area contributed by atoms with Gasteiger partial charge in [-0.3, -0.25) is 0 Å². The minimum absolute atomic E-state index is 0. The van der Waals surface area contributed by atoms with Gasteiger partial charge in [-0.2, -0.15) is 0 Å². The lowest BCUT2D eigenvalue weighted by molar-refractivity contribution is 1.26. The number of nitrogens with one attached hydrogen (secondary N) is 1. The highest BCUT2D eigenvalue weighted by Gasteiger charge is 1.91. The van der Waals surface area contributed by atoms with E-state index in [0.29, 0.717) is 5.65 Å². The summed E-state index contributed by atoms with van der Waals surface area (Å²) in [4.78, 5) is 14.6. The summed E-state index contributed by atoms with van der Waals surface area (Å²) in [6, 6.07) is 0. The average molecular weight is 122 g/mol. The largest absolute Gasteiger partial charge is 0.328 e. The molecule has 0 spiro atoms. The number of fused-ring (bicyclic) bond motifs is 1. The molecule has 1 N–H and O–H groups in total. The minimum Gasteiger partial charge on any atom is -0.328 e. The Morgan fingerprint density at radius 3 is 3.00 bits per heavy atom. The maximum absolute atomic E-state index is 3.96. The molecule has 0 unspecified atom stereocenters. The normalized spacial score (nSPS) is 10.2. The number of hydrogen-bond donors (Lipinski definition) is 1. The molecule has 9 heavy (non-hydrogen) atoms. The Morgan fingerprint density at radius 1 is 1.22 bits per heavy atom. The van der Waals surface area contributed by atoms with Crippen LogP contribution < -0.4 is 0 Å². The molecular weight excluding hydrogens is 116 g/mol. The quantitative estimate of drug-likeness (QED) is 0.556. The van der Waals surface area contributed by atoms with Crippen molar-refractivity contribution in [3.05, 3.63) is 18.7 Å². The zero-order valence-electron chi connectivity index (χ0n) is 4.57. The Morgan fingerprint density at radius 2 is 2.11 bits per heavy atom. The Kier molecular flexibility index (Phi) is 0.745. The SMILES string of the molecule is [HH].c1cnc2[nH]cnc2n1. The zero-order chi connectivity index (χ0) is 6.10. The third-order valence-corrected chi connectivity index (χ3v) is 1.07. The molecule has 0 saturated carbocycles. The summed E-state index contributed by atoms with van der Waals surface area (Å²) in [7, 11) is 0. The van der Waals surface area contributed by atoms with Crippen molar-refractivity contribution in [3.8, 4) is 0 Å². The third kappa shape index (κ3) is 0.561. The summed E-state index contributed by atoms with van der Waals surface area (Å²) in [5.74, 6) is 0. The van der Waals surface area contributed by atoms with Crippen LogP contribution in [0.1, 0.15) is 1.43 Å². The van der Waals surface area contributed by atoms with Crippen molar-refractivity contribution in [3.63, 3.8) is 0 Å². The first-order valence-electron chi connectivity index (χ1n) is 2.57. The number of H-pyrrole nitrogens is 1. The molecule has 0 fully saturated rings. The number of aromatic nitrogens is 4. The highest BCUT2D eigenvalue weighted by atomic mass is 15.0. The molecule has 2 aromatic rings. The molecule has 0 amide bonds. The van der Waals surface area contributed by atoms with Crippen LogP contribution in [-0.4, -0.2) is 19.9 Å². The van der Waals surface area contributed by atoms with E-state index in [1.807, 2.05) is 0 Å². The average Bonchev–Trinajstić information content (AvgIpc) is 2.33. The van der Waals surface area contributed by atoms with Crippen molar-refractivity contribution >= 4 is 11.3 Å². The summed E-state index contributed by atoms with van der Waals surface area (Å²) in [6.45, 7) is 0. The van der Waals surface area contributed by atoms with Gasteiger partial charge in [0.05, 0.1) is 6.33 Å². The van der Waals surface area contributed by atoms with Crippen molar-refractivity contribution in [2.45, 2.75) is 0 Å². The van der Waals surface area contributed by atoms with Gasteiger partial charge in [-0.1, -0.05) is 0 Å². The third-order valence-electron chi connectivity index (χ3n) is 1.07. The number of imidazole rings is 1. The van der Waals surface area contributed by atoms with Crippen LogP contribution in [0.5, 0.6) is 0 Å². The maximum Gasteiger partial charge on any atom is 0.197 e. The van der Waals surface area contributed by atoms with Gasteiger partial charge in [-0.05, 0) is 0 Å². The smallest absolute Gasteiger partial charge is 0.197 e. The van der Waals surface area contributed by atoms with Crippen molar-refractivity contribution in [1.29, 1.82) is 0 Å². The molecule has 0 aliphatic rings. The summed E-state index contributed by atoms with van der Waals surface area (Å²) in [5.41, 5.74) is 1.40. The van der Waals surface area contributed by atoms with Crippen molar-refractivity contribution < 1.29 is 1.43 Å². The number of aromatic amines is 1. The molecule has 4 heteroatoms. The lowest BCUT2D eigenvalue weighted by Crippen LogP contribution is -1.77. The van der Waals surface area contributed by atoms with E-state index in [1.54, 1.807) is 18.7 Å². The summed E-state index contributed by atoms with van der Waals surface area (Å²) in [6.07, 6.45) is 4.81. The van der Waals surface area contributed by atoms with E-state index in [-0.39, 0.29) is 1.43 Å². The first-order valence-corrected chi connectivity index (χ1v) is 2.57. The molecule has 46 valence electrons. The van der Waals surface area contributed by atoms with Crippen LogP contribution in [0.15, 0.2) is 18.7 Å². The molecule has 0 aliphatic heterocycles. The van der Waals surface area contributed by atoms with Gasteiger partial charge in [-0.15, -0.1) is 0 Å². The summed E-state index contributed by atoms with van der Waals surface area (Å²) < 4.78 is 0. The van der Waals surface area contributed by atoms with Crippen LogP contribution in [0.3, 0.4) is 0 Å². The molecule has 0 atom stereocenters. The van der Waals surface area contributed by atoms with Gasteiger partial charge in [0.2, 0.25) is 0 Å². The van der Waals surface area contributed by atoms with Crippen LogP contribution in [0.4, 0.5) is 0 Å². The predicted octanol–water partition coefficient (Wildman–Crippen LogP) is 0.599. The lowest BCUT2D eigenvalue weighted by atomic mass is 10.7. The Balaban J connectivity index is 0.000000500. The lowest BCUT2D eigenvalue weighted by Gasteiger charge is -1.80. The van der Waals surface area contributed by atoms with E-state index >= 15 is 0 Å². The second kappa shape index (κ2) is 1.51. The fraction of sp³-hybridized carbons (Fsp3) is 0. The van der Waals surface area contributed by atoms with Crippen LogP contribution in [0.25, 0.3) is 11.3 Å². The predicted molar refractivity (Wildman–Crippen MR) is 33.8 cm³/mol. The molecule has 2 aromatic heterocycles. The number of nitrogens with zero attached hydrogens (tertiary/aromatic N) is 3. The number of rotatable bonds is 0. The van der Waals surface area contributed by atoms with E-state index in [0.717, 1.165) is 5.65 Å². The van der Waals surface area contributed by atoms with Crippen LogP contribution >= 0.6 is 0 Å². The maximum atomic E-state index is 3.96. The monoisotopic (exact) mass is 122 g/mol. The van der Waals surface area contributed by atoms with E-state index in [9.17, 15) is 0 Å². The van der Waals surface area contributed by atoms with E-state index < -0.39 is 0 Å². The standard InChI is InChI=1S/C5H4N4.H2/c1-2-7-5-4(6-1)8-3-9-5;/h1-3H,(H,6,7,8,9);1H. The Bertz CT molecular complexity index is 288. The van der Waals surface area contributed by atoms with E-state index in [2.05, 4.69) is 19.9 Å². The molecular formula is C5H6N4. The summed E-state index contributed by atoms with van der Waals surface area (Å²) >= 11 is 0. The minimum atomic E-state index is 0. The second-order valence-corrected chi connectivity index (χ2v) is 1.63. The fourth-order valence-electron chi connectivity index (χ4n) is 0.682. The van der Waals surface area contributed by atoms with E-state index in [1.165, 1.54) is 0 Å². The van der Waals surface area contributed by atoms with Crippen molar-refractivity contribution in [1.82, 2.24) is 19.9 Å². The topological polar surface area (TPSA) is 54.5 Å². The van der Waals surface area contributed by atoms with Crippen LogP contribution in [0.2, 0.25) is 0 Å². The molecule has 0 aliphatic carbocycles. The fourth-order valence-corrected chi connectivity index (χ4v) is 0.682. The first kappa shape index (κ1) is 4.43. The molecule has 0 saturated heterocycles.